The zero-order chi connectivity index (χ0) is 14.7. The van der Waals surface area contributed by atoms with Gasteiger partial charge in [-0.15, -0.1) is 10.2 Å². The molecule has 2 aromatic rings. The molecule has 8 heteroatoms. The first-order chi connectivity index (χ1) is 9.47. The number of rotatable bonds is 4. The molecule has 1 N–H and O–H groups in total. The predicted octanol–water partition coefficient (Wildman–Crippen LogP) is 1.77. The van der Waals surface area contributed by atoms with Gasteiger partial charge >= 0.3 is 0 Å². The van der Waals surface area contributed by atoms with E-state index in [-0.39, 0.29) is 17.5 Å². The number of aromatic nitrogens is 4. The van der Waals surface area contributed by atoms with E-state index in [1.165, 1.54) is 17.5 Å². The molecule has 0 spiro atoms. The molecule has 0 aliphatic heterocycles. The molecule has 20 heavy (non-hydrogen) atoms. The van der Waals surface area contributed by atoms with Gasteiger partial charge in [-0.05, 0) is 0 Å². The van der Waals surface area contributed by atoms with Gasteiger partial charge in [0.15, 0.2) is 0 Å². The second-order valence-electron chi connectivity index (χ2n) is 4.71. The summed E-state index contributed by atoms with van der Waals surface area (Å²) >= 11 is 1.36. The molecule has 0 aliphatic rings. The van der Waals surface area contributed by atoms with Crippen molar-refractivity contribution in [3.63, 3.8) is 0 Å². The quantitative estimate of drug-likeness (QED) is 0.924. The smallest absolute Gasteiger partial charge is 0.277 e. The highest BCUT2D eigenvalue weighted by atomic mass is 32.1. The number of carbonyl (C=O) groups excluding carboxylic acids is 1. The average Bonchev–Trinajstić information content (AvgIpc) is 2.87. The average molecular weight is 292 g/mol. The van der Waals surface area contributed by atoms with Crippen molar-refractivity contribution in [1.82, 2.24) is 20.2 Å². The van der Waals surface area contributed by atoms with Crippen molar-refractivity contribution >= 4 is 28.2 Å². The second kappa shape index (κ2) is 5.91. The van der Waals surface area contributed by atoms with Gasteiger partial charge in [0, 0.05) is 20.0 Å². The van der Waals surface area contributed by atoms with E-state index >= 15 is 0 Å². The fourth-order valence-corrected chi connectivity index (χ4v) is 2.09. The minimum absolute atomic E-state index is 0.247. The molecule has 0 atom stereocenters. The van der Waals surface area contributed by atoms with Gasteiger partial charge in [-0.25, -0.2) is 9.97 Å². The van der Waals surface area contributed by atoms with E-state index in [4.69, 9.17) is 0 Å². The molecule has 0 aliphatic carbocycles. The predicted molar refractivity (Wildman–Crippen MR) is 78.3 cm³/mol. The van der Waals surface area contributed by atoms with E-state index in [1.54, 1.807) is 6.20 Å². The van der Waals surface area contributed by atoms with Crippen LogP contribution < -0.4 is 10.2 Å². The Labute approximate surface area is 121 Å². The standard InChI is InChI=1S/C12H16N6OS/c1-7(2)11-16-17-12(20-11)15-10(19)8-5-14-9(6-13-8)18(3)4/h5-7H,1-4H3,(H,15,17,19). The van der Waals surface area contributed by atoms with Crippen molar-refractivity contribution < 1.29 is 4.79 Å². The Morgan fingerprint density at radius 1 is 1.25 bits per heavy atom. The number of anilines is 2. The van der Waals surface area contributed by atoms with Gasteiger partial charge in [0.25, 0.3) is 5.91 Å². The molecule has 2 rings (SSSR count). The number of hydrogen-bond donors (Lipinski definition) is 1. The van der Waals surface area contributed by atoms with E-state index in [9.17, 15) is 4.79 Å². The number of nitrogens with zero attached hydrogens (tertiary/aromatic N) is 5. The summed E-state index contributed by atoms with van der Waals surface area (Å²) < 4.78 is 0. The monoisotopic (exact) mass is 292 g/mol. The largest absolute Gasteiger partial charge is 0.361 e. The Kier molecular flexibility index (Phi) is 4.23. The maximum atomic E-state index is 12.0. The molecule has 0 aromatic carbocycles. The summed E-state index contributed by atoms with van der Waals surface area (Å²) in [4.78, 5) is 22.0. The van der Waals surface area contributed by atoms with Crippen molar-refractivity contribution in [2.75, 3.05) is 24.3 Å². The third kappa shape index (κ3) is 3.27. The van der Waals surface area contributed by atoms with Crippen LogP contribution in [0.2, 0.25) is 0 Å². The Hall–Kier alpha value is -2.09. The SMILES string of the molecule is CC(C)c1nnc(NC(=O)c2cnc(N(C)C)cn2)s1. The van der Waals surface area contributed by atoms with Crippen LogP contribution in [-0.4, -0.2) is 40.2 Å². The van der Waals surface area contributed by atoms with Crippen LogP contribution in [0.4, 0.5) is 10.9 Å². The van der Waals surface area contributed by atoms with Crippen LogP contribution in [0.25, 0.3) is 0 Å². The zero-order valence-electron chi connectivity index (χ0n) is 11.8. The van der Waals surface area contributed by atoms with Crippen LogP contribution >= 0.6 is 11.3 Å². The lowest BCUT2D eigenvalue weighted by Gasteiger charge is -2.10. The van der Waals surface area contributed by atoms with E-state index in [0.717, 1.165) is 5.01 Å². The third-order valence-corrected chi connectivity index (χ3v) is 3.62. The molecule has 0 bridgehead atoms. The molecule has 7 nitrogen and oxygen atoms in total. The minimum atomic E-state index is -0.339. The lowest BCUT2D eigenvalue weighted by Crippen LogP contribution is -2.16. The summed E-state index contributed by atoms with van der Waals surface area (Å²) in [5.41, 5.74) is 0.247. The lowest BCUT2D eigenvalue weighted by molar-refractivity contribution is 0.102. The fourth-order valence-electron chi connectivity index (χ4n) is 1.35. The van der Waals surface area contributed by atoms with Crippen LogP contribution in [-0.2, 0) is 0 Å². The highest BCUT2D eigenvalue weighted by Crippen LogP contribution is 2.22. The maximum Gasteiger partial charge on any atom is 0.277 e. The molecular formula is C12H16N6OS. The van der Waals surface area contributed by atoms with Crippen LogP contribution in [0.15, 0.2) is 12.4 Å². The van der Waals surface area contributed by atoms with Crippen molar-refractivity contribution in [2.24, 2.45) is 0 Å². The number of amides is 1. The molecule has 1 amide bonds. The molecule has 0 fully saturated rings. The number of carbonyl (C=O) groups is 1. The highest BCUT2D eigenvalue weighted by molar-refractivity contribution is 7.15. The molecule has 0 unspecified atom stereocenters. The Bertz CT molecular complexity index is 592. The van der Waals surface area contributed by atoms with E-state index in [0.29, 0.717) is 10.9 Å². The van der Waals surface area contributed by atoms with E-state index in [1.807, 2.05) is 32.8 Å². The first kappa shape index (κ1) is 14.3. The maximum absolute atomic E-state index is 12.0. The summed E-state index contributed by atoms with van der Waals surface area (Å²) in [7, 11) is 3.72. The third-order valence-electron chi connectivity index (χ3n) is 2.48. The molecule has 2 heterocycles. The number of hydrogen-bond acceptors (Lipinski definition) is 7. The van der Waals surface area contributed by atoms with Gasteiger partial charge in [0.05, 0.1) is 12.4 Å². The zero-order valence-corrected chi connectivity index (χ0v) is 12.6. The Balaban J connectivity index is 2.07. The van der Waals surface area contributed by atoms with Gasteiger partial charge in [0.1, 0.15) is 16.5 Å². The van der Waals surface area contributed by atoms with Crippen LogP contribution in [0.1, 0.15) is 35.3 Å². The van der Waals surface area contributed by atoms with E-state index < -0.39 is 0 Å². The summed E-state index contributed by atoms with van der Waals surface area (Å²) in [6.07, 6.45) is 2.99. The molecule has 106 valence electrons. The fraction of sp³-hybridized carbons (Fsp3) is 0.417. The summed E-state index contributed by atoms with van der Waals surface area (Å²) in [5.74, 6) is 0.645. The Morgan fingerprint density at radius 2 is 2.00 bits per heavy atom. The summed E-state index contributed by atoms with van der Waals surface area (Å²) in [5, 5.41) is 12.0. The van der Waals surface area contributed by atoms with Crippen LogP contribution in [0.3, 0.4) is 0 Å². The topological polar surface area (TPSA) is 83.9 Å². The summed E-state index contributed by atoms with van der Waals surface area (Å²) in [6.45, 7) is 4.05. The van der Waals surface area contributed by atoms with Gasteiger partial charge in [-0.2, -0.15) is 0 Å². The van der Waals surface area contributed by atoms with Crippen molar-refractivity contribution in [2.45, 2.75) is 19.8 Å². The van der Waals surface area contributed by atoms with Crippen LogP contribution in [0, 0.1) is 0 Å². The normalized spacial score (nSPS) is 10.7. The van der Waals surface area contributed by atoms with Crippen LogP contribution in [0.5, 0.6) is 0 Å². The molecular weight excluding hydrogens is 276 g/mol. The van der Waals surface area contributed by atoms with Gasteiger partial charge < -0.3 is 4.90 Å². The van der Waals surface area contributed by atoms with Crippen molar-refractivity contribution in [3.8, 4) is 0 Å². The highest BCUT2D eigenvalue weighted by Gasteiger charge is 2.13. The molecule has 0 saturated heterocycles. The molecule has 0 radical (unpaired) electrons. The van der Waals surface area contributed by atoms with Crippen molar-refractivity contribution in [3.05, 3.63) is 23.1 Å². The second-order valence-corrected chi connectivity index (χ2v) is 5.72. The summed E-state index contributed by atoms with van der Waals surface area (Å²) in [6, 6.07) is 0. The lowest BCUT2D eigenvalue weighted by atomic mass is 10.2. The van der Waals surface area contributed by atoms with Crippen molar-refractivity contribution in [1.29, 1.82) is 0 Å². The first-order valence-corrected chi connectivity index (χ1v) is 6.93. The minimum Gasteiger partial charge on any atom is -0.361 e. The van der Waals surface area contributed by atoms with Gasteiger partial charge in [-0.3, -0.25) is 10.1 Å². The first-order valence-electron chi connectivity index (χ1n) is 6.11. The Morgan fingerprint density at radius 3 is 2.50 bits per heavy atom. The molecule has 2 aromatic heterocycles. The van der Waals surface area contributed by atoms with Gasteiger partial charge in [-0.1, -0.05) is 25.2 Å². The van der Waals surface area contributed by atoms with E-state index in [2.05, 4.69) is 25.5 Å². The molecule has 0 saturated carbocycles. The van der Waals surface area contributed by atoms with Gasteiger partial charge in [0.2, 0.25) is 5.13 Å². The number of nitrogens with one attached hydrogen (secondary N) is 1.